The van der Waals surface area contributed by atoms with Gasteiger partial charge >= 0.3 is 0 Å². The molecule has 3 aromatic rings. The van der Waals surface area contributed by atoms with Gasteiger partial charge in [0, 0.05) is 24.2 Å². The van der Waals surface area contributed by atoms with Crippen LogP contribution >= 0.6 is 11.6 Å². The molecule has 0 atom stereocenters. The number of methoxy groups -OCH3 is 1. The molecule has 29 heavy (non-hydrogen) atoms. The molecule has 1 saturated heterocycles. The summed E-state index contributed by atoms with van der Waals surface area (Å²) < 4.78 is 33.9. The Morgan fingerprint density at radius 1 is 1.10 bits per heavy atom. The van der Waals surface area contributed by atoms with Gasteiger partial charge in [0.2, 0.25) is 10.0 Å². The Labute approximate surface area is 173 Å². The first-order chi connectivity index (χ1) is 13.9. The van der Waals surface area contributed by atoms with E-state index in [0.29, 0.717) is 47.6 Å². The van der Waals surface area contributed by atoms with Gasteiger partial charge in [-0.1, -0.05) is 11.6 Å². The average molecular weight is 434 g/mol. The molecule has 152 valence electrons. The van der Waals surface area contributed by atoms with E-state index < -0.39 is 10.0 Å². The summed E-state index contributed by atoms with van der Waals surface area (Å²) in [5, 5.41) is 0.947. The lowest BCUT2D eigenvalue weighted by Crippen LogP contribution is -2.40. The van der Waals surface area contributed by atoms with Crippen LogP contribution in [0.2, 0.25) is 5.02 Å². The Hall–Kier alpha value is -2.42. The minimum atomic E-state index is -3.59. The summed E-state index contributed by atoms with van der Waals surface area (Å²) in [6, 6.07) is 11.3. The molecule has 0 saturated carbocycles. The molecule has 2 aromatic carbocycles. The maximum Gasteiger partial charge on any atom is 0.261 e. The lowest BCUT2D eigenvalue weighted by Gasteiger charge is -2.32. The Morgan fingerprint density at radius 3 is 2.45 bits per heavy atom. The van der Waals surface area contributed by atoms with Gasteiger partial charge in [0.1, 0.15) is 5.75 Å². The minimum absolute atomic E-state index is 0.110. The smallest absolute Gasteiger partial charge is 0.261 e. The predicted molar refractivity (Wildman–Crippen MR) is 111 cm³/mol. The summed E-state index contributed by atoms with van der Waals surface area (Å²) in [7, 11) is -2.05. The van der Waals surface area contributed by atoms with Crippen LogP contribution in [-0.2, 0) is 10.0 Å². The SMILES string of the molecule is COc1ccc(S(=O)(=O)N2CCC(n3cnc4ccc(Cl)cc4c3=O)CC2)cc1. The number of piperidine rings is 1. The number of benzene rings is 2. The predicted octanol–water partition coefficient (Wildman–Crippen LogP) is 3.08. The molecular formula is C20H20ClN3O4S. The van der Waals surface area contributed by atoms with Gasteiger partial charge in [0.25, 0.3) is 5.56 Å². The van der Waals surface area contributed by atoms with Crippen LogP contribution in [0.3, 0.4) is 0 Å². The zero-order chi connectivity index (χ0) is 20.6. The molecule has 2 heterocycles. The van der Waals surface area contributed by atoms with Crippen LogP contribution in [0.15, 0.2) is 58.5 Å². The summed E-state index contributed by atoms with van der Waals surface area (Å²) in [6.45, 7) is 0.665. The van der Waals surface area contributed by atoms with Gasteiger partial charge in [-0.25, -0.2) is 13.4 Å². The number of ether oxygens (including phenoxy) is 1. The van der Waals surface area contributed by atoms with Gasteiger partial charge in [-0.3, -0.25) is 9.36 Å². The van der Waals surface area contributed by atoms with Crippen molar-refractivity contribution < 1.29 is 13.2 Å². The number of fused-ring (bicyclic) bond motifs is 1. The second kappa shape index (κ2) is 7.78. The van der Waals surface area contributed by atoms with Gasteiger partial charge in [-0.15, -0.1) is 0 Å². The van der Waals surface area contributed by atoms with E-state index in [1.807, 2.05) is 0 Å². The van der Waals surface area contributed by atoms with Crippen molar-refractivity contribution >= 4 is 32.5 Å². The van der Waals surface area contributed by atoms with Crippen molar-refractivity contribution in [3.05, 3.63) is 64.2 Å². The number of hydrogen-bond donors (Lipinski definition) is 0. The molecule has 0 aliphatic carbocycles. The fourth-order valence-corrected chi connectivity index (χ4v) is 5.27. The van der Waals surface area contributed by atoms with Crippen LogP contribution in [0, 0.1) is 0 Å². The first kappa shape index (κ1) is 19.9. The van der Waals surface area contributed by atoms with Crippen molar-refractivity contribution in [3.8, 4) is 5.75 Å². The summed E-state index contributed by atoms with van der Waals surface area (Å²) in [5.41, 5.74) is 0.434. The highest BCUT2D eigenvalue weighted by Crippen LogP contribution is 2.27. The monoisotopic (exact) mass is 433 g/mol. The van der Waals surface area contributed by atoms with Crippen molar-refractivity contribution in [3.63, 3.8) is 0 Å². The first-order valence-electron chi connectivity index (χ1n) is 9.21. The molecule has 1 aromatic heterocycles. The Kier molecular flexibility index (Phi) is 5.33. The van der Waals surface area contributed by atoms with Crippen LogP contribution < -0.4 is 10.3 Å². The van der Waals surface area contributed by atoms with E-state index in [1.165, 1.54) is 17.7 Å². The van der Waals surface area contributed by atoms with E-state index in [2.05, 4.69) is 4.98 Å². The normalized spacial score (nSPS) is 16.2. The van der Waals surface area contributed by atoms with E-state index in [4.69, 9.17) is 16.3 Å². The number of aromatic nitrogens is 2. The number of nitrogens with zero attached hydrogens (tertiary/aromatic N) is 3. The van der Waals surface area contributed by atoms with E-state index in [9.17, 15) is 13.2 Å². The summed E-state index contributed by atoms with van der Waals surface area (Å²) in [5.74, 6) is 0.603. The van der Waals surface area contributed by atoms with Crippen molar-refractivity contribution in [2.24, 2.45) is 0 Å². The zero-order valence-corrected chi connectivity index (χ0v) is 17.4. The second-order valence-corrected chi connectivity index (χ2v) is 9.30. The van der Waals surface area contributed by atoms with E-state index in [1.54, 1.807) is 47.0 Å². The number of halogens is 1. The molecule has 0 unspecified atom stereocenters. The molecule has 0 spiro atoms. The van der Waals surface area contributed by atoms with Crippen LogP contribution in [-0.4, -0.2) is 42.5 Å². The van der Waals surface area contributed by atoms with Crippen LogP contribution in [0.5, 0.6) is 5.75 Å². The summed E-state index contributed by atoms with van der Waals surface area (Å²) >= 11 is 6.02. The molecule has 4 rings (SSSR count). The van der Waals surface area contributed by atoms with Crippen molar-refractivity contribution in [2.75, 3.05) is 20.2 Å². The quantitative estimate of drug-likeness (QED) is 0.631. The van der Waals surface area contributed by atoms with Crippen LogP contribution in [0.25, 0.3) is 10.9 Å². The van der Waals surface area contributed by atoms with Gasteiger partial charge in [0.05, 0.1) is 29.2 Å². The summed E-state index contributed by atoms with van der Waals surface area (Å²) in [6.07, 6.45) is 2.60. The molecule has 0 radical (unpaired) electrons. The van der Waals surface area contributed by atoms with Crippen LogP contribution in [0.4, 0.5) is 0 Å². The highest BCUT2D eigenvalue weighted by Gasteiger charge is 2.30. The lowest BCUT2D eigenvalue weighted by atomic mass is 10.1. The molecule has 1 fully saturated rings. The molecule has 0 N–H and O–H groups in total. The molecule has 9 heteroatoms. The number of hydrogen-bond acceptors (Lipinski definition) is 5. The van der Waals surface area contributed by atoms with Gasteiger partial charge in [-0.05, 0) is 55.3 Å². The number of sulfonamides is 1. The van der Waals surface area contributed by atoms with Crippen molar-refractivity contribution in [1.82, 2.24) is 13.9 Å². The molecule has 0 bridgehead atoms. The molecule has 7 nitrogen and oxygen atoms in total. The van der Waals surface area contributed by atoms with E-state index in [0.717, 1.165) is 0 Å². The van der Waals surface area contributed by atoms with Crippen molar-refractivity contribution in [2.45, 2.75) is 23.8 Å². The minimum Gasteiger partial charge on any atom is -0.497 e. The topological polar surface area (TPSA) is 81.5 Å². The fourth-order valence-electron chi connectivity index (χ4n) is 3.63. The fraction of sp³-hybridized carbons (Fsp3) is 0.300. The highest BCUT2D eigenvalue weighted by atomic mass is 35.5. The second-order valence-electron chi connectivity index (χ2n) is 6.93. The Morgan fingerprint density at radius 2 is 1.79 bits per heavy atom. The molecule has 1 aliphatic heterocycles. The summed E-state index contributed by atoms with van der Waals surface area (Å²) in [4.78, 5) is 17.4. The van der Waals surface area contributed by atoms with E-state index >= 15 is 0 Å². The van der Waals surface area contributed by atoms with E-state index in [-0.39, 0.29) is 16.5 Å². The Bertz CT molecular complexity index is 1200. The van der Waals surface area contributed by atoms with Gasteiger partial charge in [0.15, 0.2) is 0 Å². The molecular weight excluding hydrogens is 414 g/mol. The maximum atomic E-state index is 12.9. The third-order valence-electron chi connectivity index (χ3n) is 5.26. The lowest BCUT2D eigenvalue weighted by molar-refractivity contribution is 0.269. The molecule has 1 aliphatic rings. The average Bonchev–Trinajstić information content (AvgIpc) is 2.74. The van der Waals surface area contributed by atoms with Crippen LogP contribution in [0.1, 0.15) is 18.9 Å². The van der Waals surface area contributed by atoms with Gasteiger partial charge < -0.3 is 4.74 Å². The largest absolute Gasteiger partial charge is 0.497 e. The number of rotatable bonds is 4. The third-order valence-corrected chi connectivity index (χ3v) is 7.41. The van der Waals surface area contributed by atoms with Crippen molar-refractivity contribution in [1.29, 1.82) is 0 Å². The standard InChI is InChI=1S/C20H20ClN3O4S/c1-28-16-3-5-17(6-4-16)29(26,27)23-10-8-15(9-11-23)24-13-22-19-7-2-14(21)12-18(19)20(24)25/h2-7,12-13,15H,8-11H2,1H3. The van der Waals surface area contributed by atoms with Gasteiger partial charge in [-0.2, -0.15) is 4.31 Å². The maximum absolute atomic E-state index is 12.9. The zero-order valence-electron chi connectivity index (χ0n) is 15.8. The molecule has 0 amide bonds. The highest BCUT2D eigenvalue weighted by molar-refractivity contribution is 7.89. The third kappa shape index (κ3) is 3.75. The first-order valence-corrected chi connectivity index (χ1v) is 11.0. The Balaban J connectivity index is 1.54.